The van der Waals surface area contributed by atoms with E-state index in [0.717, 1.165) is 5.56 Å². The maximum atomic E-state index is 13.7. The van der Waals surface area contributed by atoms with Gasteiger partial charge in [-0.2, -0.15) is 0 Å². The Labute approximate surface area is 163 Å². The molecule has 4 nitrogen and oxygen atoms in total. The van der Waals surface area contributed by atoms with Gasteiger partial charge in [0, 0.05) is 23.7 Å². The molecule has 1 unspecified atom stereocenters. The van der Waals surface area contributed by atoms with Gasteiger partial charge in [0.25, 0.3) is 0 Å². The van der Waals surface area contributed by atoms with Crippen molar-refractivity contribution >= 4 is 47.9 Å². The average Bonchev–Trinajstić information content (AvgIpc) is 2.51. The first-order valence-electron chi connectivity index (χ1n) is 7.32. The van der Waals surface area contributed by atoms with Crippen molar-refractivity contribution in [3.63, 3.8) is 0 Å². The lowest BCUT2D eigenvalue weighted by molar-refractivity contribution is 0.281. The second-order valence-corrected chi connectivity index (χ2v) is 5.81. The van der Waals surface area contributed by atoms with Crippen LogP contribution in [0.1, 0.15) is 18.1 Å². The third-order valence-electron chi connectivity index (χ3n) is 3.69. The van der Waals surface area contributed by atoms with E-state index in [0.29, 0.717) is 40.9 Å². The summed E-state index contributed by atoms with van der Waals surface area (Å²) in [4.78, 5) is 4.34. The summed E-state index contributed by atoms with van der Waals surface area (Å²) in [5, 5.41) is 3.60. The molecule has 0 bridgehead atoms. The summed E-state index contributed by atoms with van der Waals surface area (Å²) in [5.74, 6) is 0.864. The molecule has 0 saturated heterocycles. The predicted molar refractivity (Wildman–Crippen MR) is 104 cm³/mol. The molecule has 0 fully saturated rings. The van der Waals surface area contributed by atoms with Gasteiger partial charge in [0.15, 0.2) is 6.10 Å². The second kappa shape index (κ2) is 9.25. The van der Waals surface area contributed by atoms with Crippen molar-refractivity contribution in [3.8, 4) is 5.75 Å². The number of nitrogens with two attached hydrogens (primary N) is 1. The van der Waals surface area contributed by atoms with Crippen molar-refractivity contribution in [1.82, 2.24) is 5.32 Å². The van der Waals surface area contributed by atoms with Crippen LogP contribution in [0.4, 0.5) is 10.1 Å². The largest absolute Gasteiger partial charge is 0.481 e. The molecule has 0 spiro atoms. The number of rotatable bonds is 4. The van der Waals surface area contributed by atoms with Crippen molar-refractivity contribution in [2.45, 2.75) is 26.1 Å². The van der Waals surface area contributed by atoms with Crippen molar-refractivity contribution in [1.29, 1.82) is 0 Å². The van der Waals surface area contributed by atoms with Gasteiger partial charge in [-0.3, -0.25) is 0 Å². The summed E-state index contributed by atoms with van der Waals surface area (Å²) >= 11 is 6.01. The SMILES string of the molecule is CC1Oc2ccc(CNCc3c(F)cccc3Cl)cc2N=C1N.Cl.Cl. The summed E-state index contributed by atoms with van der Waals surface area (Å²) in [6.45, 7) is 2.76. The molecule has 1 aliphatic heterocycles. The zero-order valence-electron chi connectivity index (χ0n) is 13.5. The molecular weight excluding hydrogens is 388 g/mol. The fraction of sp³-hybridized carbons (Fsp3) is 0.235. The molecule has 0 aromatic heterocycles. The summed E-state index contributed by atoms with van der Waals surface area (Å²) in [7, 11) is 0. The molecule has 2 aromatic rings. The normalized spacial score (nSPS) is 15.2. The van der Waals surface area contributed by atoms with Crippen LogP contribution in [0.25, 0.3) is 0 Å². The van der Waals surface area contributed by atoms with E-state index in [-0.39, 0.29) is 36.7 Å². The number of aliphatic imine (C=N–C) groups is 1. The van der Waals surface area contributed by atoms with Crippen LogP contribution in [0, 0.1) is 5.82 Å². The monoisotopic (exact) mass is 405 g/mol. The number of fused-ring (bicyclic) bond motifs is 1. The van der Waals surface area contributed by atoms with Crippen LogP contribution in [-0.4, -0.2) is 11.9 Å². The van der Waals surface area contributed by atoms with Gasteiger partial charge < -0.3 is 15.8 Å². The minimum Gasteiger partial charge on any atom is -0.481 e. The van der Waals surface area contributed by atoms with Gasteiger partial charge in [0.05, 0.1) is 0 Å². The van der Waals surface area contributed by atoms with Crippen molar-refractivity contribution in [2.75, 3.05) is 0 Å². The quantitative estimate of drug-likeness (QED) is 0.792. The van der Waals surface area contributed by atoms with E-state index in [1.54, 1.807) is 12.1 Å². The standard InChI is InChI=1S/C17H17ClFN3O.2ClH/c1-10-17(20)22-15-7-11(5-6-16(15)23-10)8-21-9-12-13(18)3-2-4-14(12)19;;/h2-7,10,21H,8-9H2,1H3,(H2,20,22);2*1H. The van der Waals surface area contributed by atoms with Gasteiger partial charge in [0.2, 0.25) is 0 Å². The Morgan fingerprint density at radius 1 is 1.24 bits per heavy atom. The highest BCUT2D eigenvalue weighted by molar-refractivity contribution is 6.31. The van der Waals surface area contributed by atoms with E-state index < -0.39 is 0 Å². The molecule has 25 heavy (non-hydrogen) atoms. The predicted octanol–water partition coefficient (Wildman–Crippen LogP) is 4.38. The Hall–Kier alpha value is -1.53. The molecule has 0 aliphatic carbocycles. The maximum Gasteiger partial charge on any atom is 0.153 e. The fourth-order valence-corrected chi connectivity index (χ4v) is 2.60. The Bertz CT molecular complexity index is 751. The Morgan fingerprint density at radius 2 is 2.00 bits per heavy atom. The Kier molecular flexibility index (Phi) is 7.96. The number of nitrogens with zero attached hydrogens (tertiary/aromatic N) is 1. The summed E-state index contributed by atoms with van der Waals surface area (Å²) in [5.41, 5.74) is 7.99. The lowest BCUT2D eigenvalue weighted by Gasteiger charge is -2.21. The van der Waals surface area contributed by atoms with E-state index >= 15 is 0 Å². The molecule has 1 atom stereocenters. The van der Waals surface area contributed by atoms with Gasteiger partial charge in [0.1, 0.15) is 23.1 Å². The minimum atomic E-state index is -0.310. The molecule has 0 amide bonds. The molecule has 0 radical (unpaired) electrons. The lowest BCUT2D eigenvalue weighted by Crippen LogP contribution is -2.33. The molecule has 136 valence electrons. The van der Waals surface area contributed by atoms with Crippen LogP contribution in [0.5, 0.6) is 5.75 Å². The van der Waals surface area contributed by atoms with Crippen molar-refractivity contribution in [3.05, 3.63) is 58.4 Å². The first kappa shape index (κ1) is 21.5. The Balaban J connectivity index is 0.00000156. The van der Waals surface area contributed by atoms with Gasteiger partial charge in [-0.25, -0.2) is 9.38 Å². The molecule has 1 heterocycles. The highest BCUT2D eigenvalue weighted by Gasteiger charge is 2.18. The molecule has 3 N–H and O–H groups in total. The van der Waals surface area contributed by atoms with Crippen LogP contribution < -0.4 is 15.8 Å². The number of amidine groups is 1. The third kappa shape index (κ3) is 4.98. The zero-order chi connectivity index (χ0) is 16.4. The van der Waals surface area contributed by atoms with Crippen molar-refractivity contribution < 1.29 is 9.13 Å². The molecule has 3 rings (SSSR count). The number of nitrogens with one attached hydrogen (secondary N) is 1. The summed E-state index contributed by atoms with van der Waals surface area (Å²) in [6, 6.07) is 10.4. The second-order valence-electron chi connectivity index (χ2n) is 5.40. The molecule has 0 saturated carbocycles. The maximum absolute atomic E-state index is 13.7. The third-order valence-corrected chi connectivity index (χ3v) is 4.04. The fourth-order valence-electron chi connectivity index (χ4n) is 2.37. The van der Waals surface area contributed by atoms with Crippen LogP contribution in [0.3, 0.4) is 0 Å². The van der Waals surface area contributed by atoms with E-state index in [1.807, 2.05) is 25.1 Å². The van der Waals surface area contributed by atoms with Gasteiger partial charge in [-0.1, -0.05) is 23.7 Å². The first-order valence-corrected chi connectivity index (χ1v) is 7.69. The van der Waals surface area contributed by atoms with E-state index in [2.05, 4.69) is 10.3 Å². The lowest BCUT2D eigenvalue weighted by atomic mass is 10.1. The number of hydrogen-bond acceptors (Lipinski definition) is 4. The summed E-state index contributed by atoms with van der Waals surface area (Å²) < 4.78 is 19.4. The number of hydrogen-bond donors (Lipinski definition) is 2. The van der Waals surface area contributed by atoms with E-state index in [4.69, 9.17) is 22.1 Å². The molecule has 2 aromatic carbocycles. The topological polar surface area (TPSA) is 59.6 Å². The van der Waals surface area contributed by atoms with Crippen LogP contribution in [0.15, 0.2) is 41.4 Å². The van der Waals surface area contributed by atoms with Crippen LogP contribution in [0.2, 0.25) is 5.02 Å². The first-order chi connectivity index (χ1) is 11.0. The molecular formula is C17H19Cl3FN3O. The highest BCUT2D eigenvalue weighted by atomic mass is 35.5. The number of halogens is 4. The number of ether oxygens (including phenoxy) is 1. The average molecular weight is 407 g/mol. The van der Waals surface area contributed by atoms with Crippen LogP contribution >= 0.6 is 36.4 Å². The summed E-state index contributed by atoms with van der Waals surface area (Å²) in [6.07, 6.45) is -0.213. The zero-order valence-corrected chi connectivity index (χ0v) is 15.8. The van der Waals surface area contributed by atoms with Gasteiger partial charge >= 0.3 is 0 Å². The van der Waals surface area contributed by atoms with Crippen molar-refractivity contribution in [2.24, 2.45) is 10.7 Å². The number of benzene rings is 2. The minimum absolute atomic E-state index is 0. The molecule has 8 heteroatoms. The highest BCUT2D eigenvalue weighted by Crippen LogP contribution is 2.32. The van der Waals surface area contributed by atoms with Gasteiger partial charge in [-0.15, -0.1) is 24.8 Å². The molecule has 1 aliphatic rings. The Morgan fingerprint density at radius 3 is 2.72 bits per heavy atom. The van der Waals surface area contributed by atoms with Gasteiger partial charge in [-0.05, 0) is 36.8 Å². The van der Waals surface area contributed by atoms with E-state index in [1.165, 1.54) is 6.07 Å². The van der Waals surface area contributed by atoms with E-state index in [9.17, 15) is 4.39 Å². The smallest absolute Gasteiger partial charge is 0.153 e. The van der Waals surface area contributed by atoms with Crippen LogP contribution in [-0.2, 0) is 13.1 Å².